The number of halogens is 1. The molecule has 3 aliphatic heterocycles. The number of rotatable bonds is 8. The zero-order valence-electron chi connectivity index (χ0n) is 26.2. The second-order valence-corrected chi connectivity index (χ2v) is 12.5. The summed E-state index contributed by atoms with van der Waals surface area (Å²) >= 11 is 0. The predicted octanol–water partition coefficient (Wildman–Crippen LogP) is 2.83. The SMILES string of the molecule is Cc1[nH]c2c(c1C(=O)NCCCN1CCN(c3ccc(NC4CCC(=O)NC4=O)cn3)CC1)CC/C2=C1/C(=O)Nc2ccc(F)cc21. The number of piperidine rings is 1. The van der Waals surface area contributed by atoms with E-state index in [9.17, 15) is 23.6 Å². The van der Waals surface area contributed by atoms with Gasteiger partial charge in [0.05, 0.1) is 23.0 Å². The topological polar surface area (TPSA) is 152 Å². The molecular weight excluding hydrogens is 603 g/mol. The number of fused-ring (bicyclic) bond motifs is 2. The maximum absolute atomic E-state index is 14.0. The number of nitrogens with zero attached hydrogens (tertiary/aromatic N) is 3. The summed E-state index contributed by atoms with van der Waals surface area (Å²) in [5, 5.41) is 11.4. The number of aromatic amines is 1. The molecule has 2 fully saturated rings. The van der Waals surface area contributed by atoms with Gasteiger partial charge in [-0.1, -0.05) is 0 Å². The van der Waals surface area contributed by atoms with Crippen molar-refractivity contribution in [3.8, 4) is 0 Å². The lowest BCUT2D eigenvalue weighted by atomic mass is 9.99. The number of aromatic nitrogens is 2. The Morgan fingerprint density at radius 2 is 1.87 bits per heavy atom. The lowest BCUT2D eigenvalue weighted by molar-refractivity contribution is -0.133. The molecule has 4 aliphatic rings. The smallest absolute Gasteiger partial charge is 0.256 e. The summed E-state index contributed by atoms with van der Waals surface area (Å²) < 4.78 is 14.0. The molecule has 0 bridgehead atoms. The molecule has 12 nitrogen and oxygen atoms in total. The van der Waals surface area contributed by atoms with Crippen molar-refractivity contribution in [1.29, 1.82) is 0 Å². The average Bonchev–Trinajstić information content (AvgIpc) is 3.71. The molecule has 3 aromatic rings. The molecule has 0 radical (unpaired) electrons. The maximum atomic E-state index is 14.0. The van der Waals surface area contributed by atoms with Gasteiger partial charge >= 0.3 is 0 Å². The van der Waals surface area contributed by atoms with Crippen LogP contribution in [0.25, 0.3) is 11.1 Å². The van der Waals surface area contributed by atoms with Crippen LogP contribution in [0.4, 0.5) is 21.6 Å². The van der Waals surface area contributed by atoms with Gasteiger partial charge in [-0.3, -0.25) is 29.4 Å². The Morgan fingerprint density at radius 3 is 2.64 bits per heavy atom. The molecule has 5 heterocycles. The number of allylic oxidation sites excluding steroid dienone is 1. The molecule has 0 spiro atoms. The van der Waals surface area contributed by atoms with Gasteiger partial charge in [0.2, 0.25) is 11.8 Å². The Kier molecular flexibility index (Phi) is 8.22. The van der Waals surface area contributed by atoms with E-state index < -0.39 is 11.9 Å². The van der Waals surface area contributed by atoms with Gasteiger partial charge in [0, 0.05) is 61.8 Å². The number of imide groups is 1. The third kappa shape index (κ3) is 6.10. The van der Waals surface area contributed by atoms with E-state index in [1.54, 1.807) is 12.3 Å². The van der Waals surface area contributed by atoms with Crippen molar-refractivity contribution >= 4 is 52.0 Å². The van der Waals surface area contributed by atoms with E-state index in [4.69, 9.17) is 0 Å². The van der Waals surface area contributed by atoms with Gasteiger partial charge in [-0.2, -0.15) is 0 Å². The second-order valence-electron chi connectivity index (χ2n) is 12.5. The fraction of sp³-hybridized carbons (Fsp3) is 0.382. The van der Waals surface area contributed by atoms with E-state index >= 15 is 0 Å². The van der Waals surface area contributed by atoms with Gasteiger partial charge in [-0.05, 0) is 80.6 Å². The number of anilines is 3. The van der Waals surface area contributed by atoms with Gasteiger partial charge < -0.3 is 25.8 Å². The summed E-state index contributed by atoms with van der Waals surface area (Å²) in [6.07, 6.45) is 4.56. The molecule has 1 unspecified atom stereocenters. The number of amides is 4. The molecule has 1 aromatic carbocycles. The van der Waals surface area contributed by atoms with Crippen molar-refractivity contribution in [2.75, 3.05) is 54.8 Å². The zero-order valence-corrected chi connectivity index (χ0v) is 26.2. The van der Waals surface area contributed by atoms with Crippen LogP contribution in [0.5, 0.6) is 0 Å². The molecular formula is C34H37FN8O4. The quantitative estimate of drug-likeness (QED) is 0.143. The molecule has 1 aliphatic carbocycles. The number of benzene rings is 1. The first-order valence-corrected chi connectivity index (χ1v) is 16.1. The number of nitrogens with one attached hydrogen (secondary N) is 5. The largest absolute Gasteiger partial charge is 0.372 e. The van der Waals surface area contributed by atoms with Gasteiger partial charge in [0.15, 0.2) is 0 Å². The van der Waals surface area contributed by atoms with Crippen LogP contribution in [0.2, 0.25) is 0 Å². The van der Waals surface area contributed by atoms with Crippen LogP contribution in [0.1, 0.15) is 58.6 Å². The Morgan fingerprint density at radius 1 is 1.04 bits per heavy atom. The first kappa shape index (κ1) is 30.6. The van der Waals surface area contributed by atoms with Crippen molar-refractivity contribution < 1.29 is 23.6 Å². The molecule has 2 aromatic heterocycles. The zero-order chi connectivity index (χ0) is 32.7. The van der Waals surface area contributed by atoms with Crippen LogP contribution in [0.3, 0.4) is 0 Å². The Bertz CT molecular complexity index is 1790. The van der Waals surface area contributed by atoms with E-state index in [2.05, 4.69) is 41.0 Å². The monoisotopic (exact) mass is 640 g/mol. The van der Waals surface area contributed by atoms with Gasteiger partial charge in [0.25, 0.3) is 11.8 Å². The normalized spacial score (nSPS) is 20.9. The summed E-state index contributed by atoms with van der Waals surface area (Å²) in [6.45, 7) is 6.71. The fourth-order valence-electron chi connectivity index (χ4n) is 7.04. The number of H-pyrrole nitrogens is 1. The molecule has 244 valence electrons. The van der Waals surface area contributed by atoms with Crippen molar-refractivity contribution in [3.63, 3.8) is 0 Å². The van der Waals surface area contributed by atoms with Crippen molar-refractivity contribution in [2.45, 2.75) is 45.1 Å². The number of aryl methyl sites for hydroxylation is 1. The molecule has 5 N–H and O–H groups in total. The first-order chi connectivity index (χ1) is 22.7. The molecule has 1 atom stereocenters. The standard InChI is InChI=1S/C34H37FN8O4/c1-19-29(22-5-6-23(31(22)38-19)30-24-17-20(35)3-7-25(24)40-34(30)47)33(46)36-11-2-12-42-13-15-43(16-14-42)27-9-4-21(18-37-27)39-26-8-10-28(44)41-32(26)45/h3-4,7,9,17-18,26,38-39H,2,5-6,8,10-16H2,1H3,(H,36,46)(H,40,47)(H,41,44,45)/b30-23-. The van der Waals surface area contributed by atoms with E-state index in [0.29, 0.717) is 54.6 Å². The molecule has 47 heavy (non-hydrogen) atoms. The fourth-order valence-corrected chi connectivity index (χ4v) is 7.04. The number of piperazine rings is 1. The highest BCUT2D eigenvalue weighted by Gasteiger charge is 2.34. The van der Waals surface area contributed by atoms with Crippen LogP contribution < -0.4 is 26.2 Å². The third-order valence-corrected chi connectivity index (χ3v) is 9.43. The maximum Gasteiger partial charge on any atom is 0.256 e. The van der Waals surface area contributed by atoms with E-state index in [-0.39, 0.29) is 23.6 Å². The van der Waals surface area contributed by atoms with Crippen LogP contribution >= 0.6 is 0 Å². The molecule has 13 heteroatoms. The van der Waals surface area contributed by atoms with E-state index in [1.807, 2.05) is 19.1 Å². The summed E-state index contributed by atoms with van der Waals surface area (Å²) in [6, 6.07) is 7.71. The van der Waals surface area contributed by atoms with Gasteiger partial charge in [0.1, 0.15) is 17.7 Å². The van der Waals surface area contributed by atoms with Crippen LogP contribution in [0, 0.1) is 12.7 Å². The van der Waals surface area contributed by atoms with Crippen LogP contribution in [-0.4, -0.2) is 83.8 Å². The number of carbonyl (C=O) groups excluding carboxylic acids is 4. The number of carbonyl (C=O) groups is 4. The van der Waals surface area contributed by atoms with E-state index in [0.717, 1.165) is 73.2 Å². The second kappa shape index (κ2) is 12.6. The third-order valence-electron chi connectivity index (χ3n) is 9.43. The number of pyridine rings is 1. The Hall–Kier alpha value is -5.04. The summed E-state index contributed by atoms with van der Waals surface area (Å²) in [5.74, 6) is -0.438. The minimum absolute atomic E-state index is 0.125. The van der Waals surface area contributed by atoms with Crippen molar-refractivity contribution in [1.82, 2.24) is 25.5 Å². The van der Waals surface area contributed by atoms with Crippen molar-refractivity contribution in [3.05, 3.63) is 70.4 Å². The Labute approximate surface area is 271 Å². The minimum atomic E-state index is -0.440. The molecule has 7 rings (SSSR count). The van der Waals surface area contributed by atoms with E-state index in [1.165, 1.54) is 12.1 Å². The predicted molar refractivity (Wildman–Crippen MR) is 175 cm³/mol. The number of hydrogen-bond acceptors (Lipinski definition) is 8. The molecule has 4 amide bonds. The highest BCUT2D eigenvalue weighted by atomic mass is 19.1. The lowest BCUT2D eigenvalue weighted by Gasteiger charge is -2.35. The van der Waals surface area contributed by atoms with Gasteiger partial charge in [-0.25, -0.2) is 9.37 Å². The highest BCUT2D eigenvalue weighted by Crippen LogP contribution is 2.44. The molecule has 2 saturated heterocycles. The van der Waals surface area contributed by atoms with Crippen LogP contribution in [0.15, 0.2) is 36.5 Å². The van der Waals surface area contributed by atoms with Gasteiger partial charge in [-0.15, -0.1) is 0 Å². The van der Waals surface area contributed by atoms with Crippen molar-refractivity contribution in [2.24, 2.45) is 0 Å². The average molecular weight is 641 g/mol. The minimum Gasteiger partial charge on any atom is -0.372 e. The Balaban J connectivity index is 0.885. The first-order valence-electron chi connectivity index (χ1n) is 16.1. The van der Waals surface area contributed by atoms with Crippen LogP contribution in [-0.2, 0) is 20.8 Å². The summed E-state index contributed by atoms with van der Waals surface area (Å²) in [7, 11) is 0. The highest BCUT2D eigenvalue weighted by molar-refractivity contribution is 6.37. The number of hydrogen-bond donors (Lipinski definition) is 5. The lowest BCUT2D eigenvalue weighted by Crippen LogP contribution is -2.47. The molecule has 0 saturated carbocycles. The summed E-state index contributed by atoms with van der Waals surface area (Å²) in [5.41, 5.74) is 6.28. The summed E-state index contributed by atoms with van der Waals surface area (Å²) in [4.78, 5) is 62.1.